The zero-order valence-corrected chi connectivity index (χ0v) is 12.3. The van der Waals surface area contributed by atoms with Crippen LogP contribution in [0.5, 0.6) is 5.75 Å². The average Bonchev–Trinajstić information content (AvgIpc) is 2.45. The normalized spacial score (nSPS) is 38.5. The van der Waals surface area contributed by atoms with Gasteiger partial charge in [-0.25, -0.2) is 4.39 Å². The number of halogens is 1. The maximum absolute atomic E-state index is 12.9. The maximum atomic E-state index is 12.9. The molecule has 1 aromatic rings. The monoisotopic (exact) mass is 290 g/mol. The minimum absolute atomic E-state index is 0.0920. The third kappa shape index (κ3) is 2.46. The summed E-state index contributed by atoms with van der Waals surface area (Å²) in [5.41, 5.74) is 0.0920. The fourth-order valence-corrected chi connectivity index (χ4v) is 5.47. The van der Waals surface area contributed by atoms with Gasteiger partial charge in [0.15, 0.2) is 0 Å². The van der Waals surface area contributed by atoms with Crippen LogP contribution in [0.1, 0.15) is 38.5 Å². The van der Waals surface area contributed by atoms with Crippen LogP contribution in [0, 0.1) is 29.0 Å². The van der Waals surface area contributed by atoms with Gasteiger partial charge in [-0.2, -0.15) is 0 Å². The standard InChI is InChI=1S/C18H23FO2/c19-15-1-3-16(4-2-15)21-11-17(20)18-8-12-5-13(9-18)7-14(6-12)10-18/h1-4,12-14,17,20H,5-11H2. The number of aliphatic hydroxyl groups excluding tert-OH is 1. The Morgan fingerprint density at radius 2 is 1.57 bits per heavy atom. The first-order valence-corrected chi connectivity index (χ1v) is 8.19. The minimum atomic E-state index is -0.393. The second-order valence-electron chi connectivity index (χ2n) is 7.56. The largest absolute Gasteiger partial charge is 0.491 e. The molecule has 4 saturated carbocycles. The quantitative estimate of drug-likeness (QED) is 0.914. The van der Waals surface area contributed by atoms with Gasteiger partial charge in [-0.1, -0.05) is 0 Å². The van der Waals surface area contributed by atoms with E-state index < -0.39 is 6.10 Å². The van der Waals surface area contributed by atoms with E-state index >= 15 is 0 Å². The SMILES string of the molecule is OC(COc1ccc(F)cc1)C12CC3CC(CC(C3)C1)C2. The van der Waals surface area contributed by atoms with Crippen molar-refractivity contribution in [2.45, 2.75) is 44.6 Å². The molecule has 0 heterocycles. The third-order valence-corrected chi connectivity index (χ3v) is 6.01. The molecule has 0 aromatic heterocycles. The Morgan fingerprint density at radius 3 is 2.10 bits per heavy atom. The van der Waals surface area contributed by atoms with Crippen molar-refractivity contribution < 1.29 is 14.2 Å². The number of benzene rings is 1. The Hall–Kier alpha value is -1.09. The smallest absolute Gasteiger partial charge is 0.123 e. The molecular weight excluding hydrogens is 267 g/mol. The summed E-state index contributed by atoms with van der Waals surface area (Å²) in [5, 5.41) is 10.7. The Labute approximate surface area is 125 Å². The van der Waals surface area contributed by atoms with Crippen LogP contribution in [0.2, 0.25) is 0 Å². The molecule has 1 unspecified atom stereocenters. The van der Waals surface area contributed by atoms with E-state index in [1.54, 1.807) is 12.1 Å². The number of aliphatic hydroxyl groups is 1. The first-order valence-electron chi connectivity index (χ1n) is 8.19. The Balaban J connectivity index is 1.42. The summed E-state index contributed by atoms with van der Waals surface area (Å²) in [7, 11) is 0. The van der Waals surface area contributed by atoms with Crippen LogP contribution in [0.25, 0.3) is 0 Å². The lowest BCUT2D eigenvalue weighted by atomic mass is 9.48. The van der Waals surface area contributed by atoms with Gasteiger partial charge in [0.25, 0.3) is 0 Å². The van der Waals surface area contributed by atoms with Crippen LogP contribution in [-0.4, -0.2) is 17.8 Å². The maximum Gasteiger partial charge on any atom is 0.123 e. The van der Waals surface area contributed by atoms with Gasteiger partial charge in [0.2, 0.25) is 0 Å². The molecule has 5 rings (SSSR count). The summed E-state index contributed by atoms with van der Waals surface area (Å²) in [5.74, 6) is 2.87. The molecule has 4 aliphatic carbocycles. The minimum Gasteiger partial charge on any atom is -0.491 e. The molecule has 0 aliphatic heterocycles. The Kier molecular flexibility index (Phi) is 3.21. The zero-order chi connectivity index (χ0) is 14.4. The first-order chi connectivity index (χ1) is 10.1. The van der Waals surface area contributed by atoms with Crippen LogP contribution in [0.3, 0.4) is 0 Å². The summed E-state index contributed by atoms with van der Waals surface area (Å²) in [6.07, 6.45) is 7.27. The number of hydrogen-bond donors (Lipinski definition) is 1. The highest BCUT2D eigenvalue weighted by Crippen LogP contribution is 2.61. The number of ether oxygens (including phenoxy) is 1. The topological polar surface area (TPSA) is 29.5 Å². The van der Waals surface area contributed by atoms with Gasteiger partial charge in [0.05, 0.1) is 6.10 Å². The third-order valence-electron chi connectivity index (χ3n) is 6.01. The van der Waals surface area contributed by atoms with Crippen LogP contribution < -0.4 is 4.74 Å². The Morgan fingerprint density at radius 1 is 1.05 bits per heavy atom. The van der Waals surface area contributed by atoms with E-state index in [9.17, 15) is 9.50 Å². The molecule has 1 N–H and O–H groups in total. The van der Waals surface area contributed by atoms with Crippen molar-refractivity contribution in [3.05, 3.63) is 30.1 Å². The average molecular weight is 290 g/mol. The highest BCUT2D eigenvalue weighted by atomic mass is 19.1. The fourth-order valence-electron chi connectivity index (χ4n) is 5.47. The van der Waals surface area contributed by atoms with E-state index in [-0.39, 0.29) is 11.2 Å². The molecule has 0 saturated heterocycles. The summed E-state index contributed by atoms with van der Waals surface area (Å²) < 4.78 is 18.6. The van der Waals surface area contributed by atoms with Crippen molar-refractivity contribution in [2.24, 2.45) is 23.2 Å². The first kappa shape index (κ1) is 13.6. The van der Waals surface area contributed by atoms with E-state index in [2.05, 4.69) is 0 Å². The van der Waals surface area contributed by atoms with Crippen LogP contribution >= 0.6 is 0 Å². The van der Waals surface area contributed by atoms with Gasteiger partial charge >= 0.3 is 0 Å². The van der Waals surface area contributed by atoms with Crippen molar-refractivity contribution in [3.8, 4) is 5.75 Å². The highest BCUT2D eigenvalue weighted by molar-refractivity contribution is 5.22. The molecule has 4 fully saturated rings. The van der Waals surface area contributed by atoms with Crippen molar-refractivity contribution in [1.29, 1.82) is 0 Å². The van der Waals surface area contributed by atoms with Gasteiger partial charge < -0.3 is 9.84 Å². The molecule has 4 bridgehead atoms. The van der Waals surface area contributed by atoms with Gasteiger partial charge in [-0.05, 0) is 80.5 Å². The van der Waals surface area contributed by atoms with Crippen LogP contribution in [0.15, 0.2) is 24.3 Å². The molecule has 1 aromatic carbocycles. The molecular formula is C18H23FO2. The molecule has 0 radical (unpaired) electrons. The molecule has 0 spiro atoms. The van der Waals surface area contributed by atoms with E-state index in [1.807, 2.05) is 0 Å². The molecule has 2 nitrogen and oxygen atoms in total. The second kappa shape index (κ2) is 4.98. The second-order valence-corrected chi connectivity index (χ2v) is 7.56. The predicted molar refractivity (Wildman–Crippen MR) is 78.5 cm³/mol. The van der Waals surface area contributed by atoms with E-state index in [4.69, 9.17) is 4.74 Å². The summed E-state index contributed by atoms with van der Waals surface area (Å²) in [4.78, 5) is 0. The molecule has 3 heteroatoms. The molecule has 0 amide bonds. The summed E-state index contributed by atoms with van der Waals surface area (Å²) >= 11 is 0. The van der Waals surface area contributed by atoms with Gasteiger partial charge in [-0.3, -0.25) is 0 Å². The van der Waals surface area contributed by atoms with Gasteiger partial charge in [0.1, 0.15) is 18.2 Å². The lowest BCUT2D eigenvalue weighted by molar-refractivity contribution is -0.129. The van der Waals surface area contributed by atoms with Crippen LogP contribution in [0.4, 0.5) is 4.39 Å². The van der Waals surface area contributed by atoms with Crippen molar-refractivity contribution in [2.75, 3.05) is 6.61 Å². The molecule has 4 aliphatic rings. The predicted octanol–water partition coefficient (Wildman–Crippen LogP) is 3.78. The molecule has 114 valence electrons. The van der Waals surface area contributed by atoms with E-state index in [1.165, 1.54) is 50.7 Å². The number of rotatable bonds is 4. The summed E-state index contributed by atoms with van der Waals surface area (Å²) in [6, 6.07) is 6.04. The zero-order valence-electron chi connectivity index (χ0n) is 12.3. The van der Waals surface area contributed by atoms with E-state index in [0.717, 1.165) is 17.8 Å². The van der Waals surface area contributed by atoms with Crippen molar-refractivity contribution >= 4 is 0 Å². The Bertz CT molecular complexity index is 475. The van der Waals surface area contributed by atoms with E-state index in [0.29, 0.717) is 12.4 Å². The van der Waals surface area contributed by atoms with Crippen molar-refractivity contribution in [3.63, 3.8) is 0 Å². The molecule has 1 atom stereocenters. The number of hydrogen-bond acceptors (Lipinski definition) is 2. The highest BCUT2D eigenvalue weighted by Gasteiger charge is 2.54. The lowest BCUT2D eigenvalue weighted by Crippen LogP contribution is -2.53. The molecule has 21 heavy (non-hydrogen) atoms. The fraction of sp³-hybridized carbons (Fsp3) is 0.667. The van der Waals surface area contributed by atoms with Gasteiger partial charge in [-0.15, -0.1) is 0 Å². The lowest BCUT2D eigenvalue weighted by Gasteiger charge is -2.58. The summed E-state index contributed by atoms with van der Waals surface area (Å²) in [6.45, 7) is 0.331. The van der Waals surface area contributed by atoms with Crippen LogP contribution in [-0.2, 0) is 0 Å². The van der Waals surface area contributed by atoms with Crippen molar-refractivity contribution in [1.82, 2.24) is 0 Å². The van der Waals surface area contributed by atoms with Gasteiger partial charge in [0, 0.05) is 5.41 Å².